The highest BCUT2D eigenvalue weighted by molar-refractivity contribution is 6.57. The van der Waals surface area contributed by atoms with Crippen LogP contribution in [0.3, 0.4) is 0 Å². The second-order valence-corrected chi connectivity index (χ2v) is 9.70. The molecule has 6 rings (SSSR count). The summed E-state index contributed by atoms with van der Waals surface area (Å²) in [6.07, 6.45) is 0. The molecule has 0 saturated heterocycles. The van der Waals surface area contributed by atoms with Gasteiger partial charge in [0.2, 0.25) is 0 Å². The lowest BCUT2D eigenvalue weighted by atomic mass is 9.76. The largest absolute Gasteiger partial charge is 0.456 e. The molecule has 1 aliphatic rings. The van der Waals surface area contributed by atoms with E-state index in [1.807, 2.05) is 39.5 Å². The zero-order valence-electron chi connectivity index (χ0n) is 18.7. The normalized spacial score (nSPS) is 13.3. The van der Waals surface area contributed by atoms with Crippen LogP contribution in [0.5, 0.6) is 0 Å². The first-order valence-corrected chi connectivity index (χ1v) is 11.0. The van der Waals surface area contributed by atoms with Crippen LogP contribution in [0.4, 0.5) is 0 Å². The first-order valence-electron chi connectivity index (χ1n) is 11.0. The van der Waals surface area contributed by atoms with Crippen molar-refractivity contribution in [2.24, 2.45) is 0 Å². The van der Waals surface area contributed by atoms with Crippen LogP contribution in [0.25, 0.3) is 55.0 Å². The third-order valence-corrected chi connectivity index (χ3v) is 7.12. The van der Waals surface area contributed by atoms with E-state index in [2.05, 4.69) is 48.5 Å². The Morgan fingerprint density at radius 1 is 0.781 bits per heavy atom. The zero-order chi connectivity index (χ0) is 22.3. The van der Waals surface area contributed by atoms with Gasteiger partial charge in [-0.05, 0) is 78.3 Å². The number of para-hydroxylation sites is 1. The lowest BCUT2D eigenvalue weighted by molar-refractivity contribution is -0.0892. The lowest BCUT2D eigenvalue weighted by Crippen LogP contribution is -2.49. The molecule has 0 saturated carbocycles. The second kappa shape index (κ2) is 6.47. The molecule has 0 fully saturated rings. The van der Waals surface area contributed by atoms with Gasteiger partial charge in [-0.1, -0.05) is 54.6 Å². The van der Waals surface area contributed by atoms with E-state index in [0.29, 0.717) is 0 Å². The van der Waals surface area contributed by atoms with E-state index in [9.17, 15) is 5.11 Å². The van der Waals surface area contributed by atoms with E-state index in [0.717, 1.165) is 38.5 Å². The van der Waals surface area contributed by atoms with Crippen LogP contribution >= 0.6 is 0 Å². The number of aliphatic hydroxyl groups is 1. The summed E-state index contributed by atoms with van der Waals surface area (Å²) in [4.78, 5) is 0. The zero-order valence-corrected chi connectivity index (χ0v) is 18.7. The molecule has 4 aromatic carbocycles. The molecule has 32 heavy (non-hydrogen) atoms. The van der Waals surface area contributed by atoms with Gasteiger partial charge in [0.05, 0.1) is 11.2 Å². The highest BCUT2D eigenvalue weighted by atomic mass is 16.5. The Morgan fingerprint density at radius 2 is 1.50 bits per heavy atom. The summed E-state index contributed by atoms with van der Waals surface area (Å²) in [5.41, 5.74) is 5.62. The summed E-state index contributed by atoms with van der Waals surface area (Å²) in [6, 6.07) is 23.2. The van der Waals surface area contributed by atoms with Gasteiger partial charge in [0.1, 0.15) is 11.2 Å². The summed E-state index contributed by atoms with van der Waals surface area (Å²) >= 11 is 0. The lowest BCUT2D eigenvalue weighted by Gasteiger charge is -2.37. The van der Waals surface area contributed by atoms with Gasteiger partial charge in [0.25, 0.3) is 0 Å². The summed E-state index contributed by atoms with van der Waals surface area (Å²) in [5.74, 6) is 0. The first kappa shape index (κ1) is 19.6. The highest BCUT2D eigenvalue weighted by Crippen LogP contribution is 2.48. The van der Waals surface area contributed by atoms with Gasteiger partial charge >= 0.3 is 7.48 Å². The fourth-order valence-corrected chi connectivity index (χ4v) is 4.66. The average molecular weight is 419 g/mol. The van der Waals surface area contributed by atoms with Crippen molar-refractivity contribution in [2.45, 2.75) is 38.9 Å². The monoisotopic (exact) mass is 419 g/mol. The van der Waals surface area contributed by atoms with E-state index in [4.69, 9.17) is 9.07 Å². The molecular weight excluding hydrogens is 395 g/mol. The van der Waals surface area contributed by atoms with Gasteiger partial charge in [0, 0.05) is 10.8 Å². The highest BCUT2D eigenvalue weighted by Gasteiger charge is 2.37. The van der Waals surface area contributed by atoms with Crippen molar-refractivity contribution in [3.8, 4) is 22.3 Å². The Hall–Kier alpha value is -3.08. The maximum Gasteiger partial charge on any atom is 0.332 e. The third-order valence-electron chi connectivity index (χ3n) is 7.12. The maximum atomic E-state index is 10.7. The molecule has 4 heteroatoms. The molecule has 1 aliphatic carbocycles. The topological polar surface area (TPSA) is 42.6 Å². The second-order valence-electron chi connectivity index (χ2n) is 9.70. The van der Waals surface area contributed by atoms with E-state index in [1.165, 1.54) is 21.9 Å². The summed E-state index contributed by atoms with van der Waals surface area (Å²) in [6.45, 7) is 7.37. The Morgan fingerprint density at radius 3 is 2.25 bits per heavy atom. The Kier molecular flexibility index (Phi) is 3.96. The van der Waals surface area contributed by atoms with Gasteiger partial charge in [-0.2, -0.15) is 0 Å². The Labute approximate surface area is 187 Å². The molecule has 1 N–H and O–H groups in total. The van der Waals surface area contributed by atoms with E-state index >= 15 is 0 Å². The van der Waals surface area contributed by atoms with E-state index in [-0.39, 0.29) is 0 Å². The fraction of sp³-hybridized carbons (Fsp3) is 0.214. The van der Waals surface area contributed by atoms with E-state index < -0.39 is 11.2 Å². The molecule has 1 aromatic heterocycles. The molecule has 1 heterocycles. The Balaban J connectivity index is 1.68. The number of benzene rings is 4. The molecule has 0 amide bonds. The van der Waals surface area contributed by atoms with Crippen LogP contribution in [0.1, 0.15) is 27.7 Å². The molecule has 0 bridgehead atoms. The number of hydrogen-bond acceptors (Lipinski definition) is 3. The van der Waals surface area contributed by atoms with Gasteiger partial charge in [-0.25, -0.2) is 0 Å². The predicted molar refractivity (Wildman–Crippen MR) is 133 cm³/mol. The quantitative estimate of drug-likeness (QED) is 0.346. The van der Waals surface area contributed by atoms with Crippen molar-refractivity contribution in [2.75, 3.05) is 0 Å². The van der Waals surface area contributed by atoms with Gasteiger partial charge in [0.15, 0.2) is 0 Å². The van der Waals surface area contributed by atoms with Crippen LogP contribution in [-0.4, -0.2) is 23.8 Å². The predicted octanol–water partition coefficient (Wildman–Crippen LogP) is 6.20. The molecule has 0 unspecified atom stereocenters. The minimum Gasteiger partial charge on any atom is -0.456 e. The first-order chi connectivity index (χ1) is 15.3. The maximum absolute atomic E-state index is 10.7. The molecule has 157 valence electrons. The van der Waals surface area contributed by atoms with Crippen LogP contribution < -0.4 is 5.46 Å². The van der Waals surface area contributed by atoms with Crippen LogP contribution in [-0.2, 0) is 4.65 Å². The van der Waals surface area contributed by atoms with Crippen molar-refractivity contribution >= 4 is 45.7 Å². The van der Waals surface area contributed by atoms with Crippen molar-refractivity contribution < 1.29 is 14.2 Å². The van der Waals surface area contributed by atoms with Gasteiger partial charge < -0.3 is 14.2 Å². The van der Waals surface area contributed by atoms with Crippen LogP contribution in [0.15, 0.2) is 71.1 Å². The van der Waals surface area contributed by atoms with E-state index in [1.54, 1.807) is 13.8 Å². The molecule has 0 aliphatic heterocycles. The summed E-state index contributed by atoms with van der Waals surface area (Å²) in [5, 5.41) is 15.2. The molecule has 0 spiro atoms. The number of fused-ring (bicyclic) bond motifs is 6. The summed E-state index contributed by atoms with van der Waals surface area (Å²) in [7, 11) is 1.83. The van der Waals surface area contributed by atoms with Crippen molar-refractivity contribution in [3.63, 3.8) is 0 Å². The molecular formula is C28H24BO3. The van der Waals surface area contributed by atoms with Gasteiger partial charge in [-0.3, -0.25) is 0 Å². The smallest absolute Gasteiger partial charge is 0.332 e. The molecule has 0 atom stereocenters. The minimum absolute atomic E-state index is 0.779. The number of furan rings is 1. The van der Waals surface area contributed by atoms with Crippen LogP contribution in [0.2, 0.25) is 0 Å². The average Bonchev–Trinajstić information content (AvgIpc) is 3.28. The van der Waals surface area contributed by atoms with Crippen LogP contribution in [0, 0.1) is 0 Å². The van der Waals surface area contributed by atoms with Crippen molar-refractivity contribution in [3.05, 3.63) is 66.7 Å². The van der Waals surface area contributed by atoms with Crippen molar-refractivity contribution in [1.82, 2.24) is 0 Å². The molecule has 1 radical (unpaired) electrons. The molecule has 3 nitrogen and oxygen atoms in total. The number of hydrogen-bond donors (Lipinski definition) is 1. The SMILES string of the molecule is CC(C)(O)C(C)(C)O[B]c1c2c(cc3oc4ccccc4c13)-c1cccc3cccc-2c13. The third kappa shape index (κ3) is 2.63. The Bertz CT molecular complexity index is 1530. The minimum atomic E-state index is -1.01. The fourth-order valence-electron chi connectivity index (χ4n) is 4.66. The molecule has 5 aromatic rings. The number of rotatable bonds is 4. The van der Waals surface area contributed by atoms with Gasteiger partial charge in [-0.15, -0.1) is 0 Å². The summed E-state index contributed by atoms with van der Waals surface area (Å²) < 4.78 is 12.6. The van der Waals surface area contributed by atoms with Crippen molar-refractivity contribution in [1.29, 1.82) is 0 Å². The standard InChI is InChI=1S/C28H24BO3/c1-27(2,30)28(3,4)32-29-26-24-19-13-8-10-16-9-7-12-17(23(16)19)20(24)15-22-25(26)18-11-5-6-14-21(18)31-22/h5-15,30H,1-4H3.